The van der Waals surface area contributed by atoms with Crippen LogP contribution in [0, 0.1) is 6.92 Å². The molecule has 7 nitrogen and oxygen atoms in total. The molecule has 4 heterocycles. The van der Waals surface area contributed by atoms with Crippen molar-refractivity contribution in [3.63, 3.8) is 0 Å². The third-order valence-corrected chi connectivity index (χ3v) is 4.39. The van der Waals surface area contributed by atoms with Crippen molar-refractivity contribution < 1.29 is 0 Å². The highest BCUT2D eigenvalue weighted by Gasteiger charge is 2.25. The Hall–Kier alpha value is -2.41. The van der Waals surface area contributed by atoms with Gasteiger partial charge in [-0.2, -0.15) is 19.8 Å². The van der Waals surface area contributed by atoms with Gasteiger partial charge in [-0.05, 0) is 57.1 Å². The van der Waals surface area contributed by atoms with Crippen molar-refractivity contribution in [2.75, 3.05) is 13.1 Å². The van der Waals surface area contributed by atoms with Crippen molar-refractivity contribution >= 4 is 5.65 Å². The van der Waals surface area contributed by atoms with Crippen molar-refractivity contribution in [3.05, 3.63) is 47.7 Å². The Morgan fingerprint density at radius 3 is 2.74 bits per heavy atom. The number of piperidine rings is 1. The Labute approximate surface area is 134 Å². The fourth-order valence-corrected chi connectivity index (χ4v) is 3.15. The lowest BCUT2D eigenvalue weighted by atomic mass is 9.96. The van der Waals surface area contributed by atoms with Crippen LogP contribution in [0.25, 0.3) is 5.65 Å². The minimum Gasteiger partial charge on any atom is -0.297 e. The maximum atomic E-state index is 4.56. The molecular weight excluding hydrogens is 290 g/mol. The zero-order chi connectivity index (χ0) is 15.6. The van der Waals surface area contributed by atoms with Crippen LogP contribution in [-0.4, -0.2) is 48.0 Å². The van der Waals surface area contributed by atoms with E-state index in [1.54, 1.807) is 6.20 Å². The van der Waals surface area contributed by atoms with E-state index in [0.717, 1.165) is 55.3 Å². The van der Waals surface area contributed by atoms with E-state index in [9.17, 15) is 0 Å². The van der Waals surface area contributed by atoms with Gasteiger partial charge in [0.25, 0.3) is 0 Å². The third kappa shape index (κ3) is 2.92. The molecule has 1 aliphatic rings. The number of likely N-dealkylation sites (tertiary alicyclic amines) is 1. The quantitative estimate of drug-likeness (QED) is 0.732. The molecule has 0 aromatic carbocycles. The number of aryl methyl sites for hydroxylation is 1. The number of aromatic nitrogens is 6. The predicted octanol–water partition coefficient (Wildman–Crippen LogP) is 1.60. The lowest BCUT2D eigenvalue weighted by molar-refractivity contribution is 0.198. The maximum absolute atomic E-state index is 4.56. The van der Waals surface area contributed by atoms with Crippen LogP contribution in [0.4, 0.5) is 0 Å². The van der Waals surface area contributed by atoms with Gasteiger partial charge in [0.2, 0.25) is 0 Å². The number of rotatable bonds is 3. The van der Waals surface area contributed by atoms with Crippen LogP contribution in [-0.2, 0) is 6.54 Å². The largest absolute Gasteiger partial charge is 0.297 e. The van der Waals surface area contributed by atoms with E-state index < -0.39 is 0 Å². The first-order valence-corrected chi connectivity index (χ1v) is 7.97. The molecule has 23 heavy (non-hydrogen) atoms. The molecule has 1 saturated heterocycles. The van der Waals surface area contributed by atoms with Crippen LogP contribution in [0.2, 0.25) is 0 Å². The maximum Gasteiger partial charge on any atom is 0.177 e. The molecule has 118 valence electrons. The molecule has 3 aromatic heterocycles. The Morgan fingerprint density at radius 2 is 1.96 bits per heavy atom. The average Bonchev–Trinajstić information content (AvgIpc) is 2.99. The van der Waals surface area contributed by atoms with Gasteiger partial charge >= 0.3 is 0 Å². The Morgan fingerprint density at radius 1 is 1.09 bits per heavy atom. The Balaban J connectivity index is 1.45. The summed E-state index contributed by atoms with van der Waals surface area (Å²) in [7, 11) is 0. The highest BCUT2D eigenvalue weighted by atomic mass is 15.4. The van der Waals surface area contributed by atoms with E-state index in [2.05, 4.69) is 30.4 Å². The molecule has 7 heteroatoms. The highest BCUT2D eigenvalue weighted by Crippen LogP contribution is 2.27. The van der Waals surface area contributed by atoms with Crippen molar-refractivity contribution in [2.24, 2.45) is 0 Å². The van der Waals surface area contributed by atoms with Crippen LogP contribution < -0.4 is 0 Å². The molecule has 0 saturated carbocycles. The molecule has 0 amide bonds. The first-order chi connectivity index (χ1) is 11.3. The summed E-state index contributed by atoms with van der Waals surface area (Å²) in [5, 5.41) is 21.3. The number of hydrogen-bond donors (Lipinski definition) is 0. The van der Waals surface area contributed by atoms with Gasteiger partial charge in [-0.25, -0.2) is 0 Å². The standard InChI is InChI=1S/C16H19N7/c1-12-4-5-15-19-20-16(23(15)21-12)13-6-9-22(10-7-13)11-14-3-2-8-17-18-14/h2-5,8,13H,6-7,9-11H2,1H3. The molecule has 0 unspecified atom stereocenters. The first kappa shape index (κ1) is 14.2. The summed E-state index contributed by atoms with van der Waals surface area (Å²) in [4.78, 5) is 2.42. The molecule has 0 aliphatic carbocycles. The SMILES string of the molecule is Cc1ccc2nnc(C3CCN(Cc4cccnn4)CC3)n2n1. The number of fused-ring (bicyclic) bond motifs is 1. The second-order valence-corrected chi connectivity index (χ2v) is 6.07. The van der Waals surface area contributed by atoms with E-state index in [1.807, 2.05) is 35.7 Å². The fourth-order valence-electron chi connectivity index (χ4n) is 3.15. The molecule has 3 aromatic rings. The molecule has 0 atom stereocenters. The summed E-state index contributed by atoms with van der Waals surface area (Å²) in [6, 6.07) is 7.91. The normalized spacial score (nSPS) is 16.9. The van der Waals surface area contributed by atoms with Gasteiger partial charge in [0.1, 0.15) is 0 Å². The van der Waals surface area contributed by atoms with Gasteiger partial charge < -0.3 is 0 Å². The van der Waals surface area contributed by atoms with Gasteiger partial charge in [-0.15, -0.1) is 10.2 Å². The van der Waals surface area contributed by atoms with Gasteiger partial charge in [-0.1, -0.05) is 0 Å². The van der Waals surface area contributed by atoms with Gasteiger partial charge in [-0.3, -0.25) is 4.90 Å². The van der Waals surface area contributed by atoms with Crippen LogP contribution in [0.15, 0.2) is 30.5 Å². The molecule has 1 aliphatic heterocycles. The minimum atomic E-state index is 0.414. The van der Waals surface area contributed by atoms with Crippen molar-refractivity contribution in [1.82, 2.24) is 34.9 Å². The van der Waals surface area contributed by atoms with Crippen LogP contribution in [0.1, 0.15) is 36.0 Å². The second-order valence-electron chi connectivity index (χ2n) is 6.07. The van der Waals surface area contributed by atoms with Crippen molar-refractivity contribution in [1.29, 1.82) is 0 Å². The lowest BCUT2D eigenvalue weighted by Gasteiger charge is -2.30. The van der Waals surface area contributed by atoms with Gasteiger partial charge in [0.05, 0.1) is 11.4 Å². The van der Waals surface area contributed by atoms with Crippen LogP contribution in [0.3, 0.4) is 0 Å². The summed E-state index contributed by atoms with van der Waals surface area (Å²) in [6.45, 7) is 4.91. The van der Waals surface area contributed by atoms with Crippen molar-refractivity contribution in [2.45, 2.75) is 32.2 Å². The molecule has 0 spiro atoms. The predicted molar refractivity (Wildman–Crippen MR) is 84.8 cm³/mol. The van der Waals surface area contributed by atoms with E-state index in [1.165, 1.54) is 0 Å². The van der Waals surface area contributed by atoms with E-state index in [-0.39, 0.29) is 0 Å². The zero-order valence-corrected chi connectivity index (χ0v) is 13.1. The fraction of sp³-hybridized carbons (Fsp3) is 0.438. The van der Waals surface area contributed by atoms with Crippen LogP contribution in [0.5, 0.6) is 0 Å². The van der Waals surface area contributed by atoms with E-state index in [0.29, 0.717) is 5.92 Å². The van der Waals surface area contributed by atoms with Gasteiger partial charge in [0.15, 0.2) is 11.5 Å². The number of nitrogens with zero attached hydrogens (tertiary/aromatic N) is 7. The zero-order valence-electron chi connectivity index (χ0n) is 13.1. The Bertz CT molecular complexity index is 791. The third-order valence-electron chi connectivity index (χ3n) is 4.39. The molecule has 1 fully saturated rings. The van der Waals surface area contributed by atoms with Crippen LogP contribution >= 0.6 is 0 Å². The Kier molecular flexibility index (Phi) is 3.70. The van der Waals surface area contributed by atoms with E-state index >= 15 is 0 Å². The van der Waals surface area contributed by atoms with E-state index in [4.69, 9.17) is 0 Å². The molecular formula is C16H19N7. The molecule has 0 N–H and O–H groups in total. The highest BCUT2D eigenvalue weighted by molar-refractivity contribution is 5.36. The lowest BCUT2D eigenvalue weighted by Crippen LogP contribution is -2.33. The van der Waals surface area contributed by atoms with Gasteiger partial charge in [0, 0.05) is 18.7 Å². The summed E-state index contributed by atoms with van der Waals surface area (Å²) in [6.07, 6.45) is 3.84. The smallest absolute Gasteiger partial charge is 0.177 e. The summed E-state index contributed by atoms with van der Waals surface area (Å²) in [5.41, 5.74) is 2.84. The summed E-state index contributed by atoms with van der Waals surface area (Å²) in [5.74, 6) is 1.40. The minimum absolute atomic E-state index is 0.414. The first-order valence-electron chi connectivity index (χ1n) is 7.97. The molecule has 0 bridgehead atoms. The second kappa shape index (κ2) is 6.00. The molecule has 0 radical (unpaired) electrons. The average molecular weight is 309 g/mol. The molecule has 4 rings (SSSR count). The summed E-state index contributed by atoms with van der Waals surface area (Å²) >= 11 is 0. The summed E-state index contributed by atoms with van der Waals surface area (Å²) < 4.78 is 1.90. The number of hydrogen-bond acceptors (Lipinski definition) is 6. The monoisotopic (exact) mass is 309 g/mol. The van der Waals surface area contributed by atoms with Crippen molar-refractivity contribution in [3.8, 4) is 0 Å². The topological polar surface area (TPSA) is 72.1 Å².